The van der Waals surface area contributed by atoms with Gasteiger partial charge in [-0.25, -0.2) is 0 Å². The van der Waals surface area contributed by atoms with Gasteiger partial charge >= 0.3 is 4.96 Å². The van der Waals surface area contributed by atoms with Crippen molar-refractivity contribution in [2.75, 3.05) is 0 Å². The van der Waals surface area contributed by atoms with E-state index in [9.17, 15) is 0 Å². The molecule has 23 heavy (non-hydrogen) atoms. The Morgan fingerprint density at radius 2 is 1.65 bits per heavy atom. The van der Waals surface area contributed by atoms with Gasteiger partial charge in [0.2, 0.25) is 0 Å². The molecule has 2 heterocycles. The maximum absolute atomic E-state index is 6.07. The summed E-state index contributed by atoms with van der Waals surface area (Å²) in [6.07, 6.45) is 0. The van der Waals surface area contributed by atoms with Gasteiger partial charge in [0.05, 0.1) is 0 Å². The fourth-order valence-electron chi connectivity index (χ4n) is 3.08. The molecular formula is C19H16ClN2S+. The Hall–Kier alpha value is -2.10. The Balaban J connectivity index is 2.10. The molecule has 0 atom stereocenters. The molecule has 2 aromatic carbocycles. The smallest absolute Gasteiger partial charge is 0.186 e. The average Bonchev–Trinajstić information content (AvgIpc) is 3.08. The number of halogens is 1. The van der Waals surface area contributed by atoms with Crippen LogP contribution in [-0.4, -0.2) is 4.40 Å². The summed E-state index contributed by atoms with van der Waals surface area (Å²) in [7, 11) is 0. The van der Waals surface area contributed by atoms with Gasteiger partial charge in [0.15, 0.2) is 11.4 Å². The first-order chi connectivity index (χ1) is 11.2. The number of rotatable bonds is 2. The zero-order valence-corrected chi connectivity index (χ0v) is 14.5. The maximum Gasteiger partial charge on any atom is 0.351 e. The normalized spacial score (nSPS) is 11.3. The lowest BCUT2D eigenvalue weighted by molar-refractivity contribution is -0.552. The Kier molecular flexibility index (Phi) is 3.47. The molecular weight excluding hydrogens is 324 g/mol. The maximum atomic E-state index is 6.07. The molecule has 0 aliphatic carbocycles. The zero-order chi connectivity index (χ0) is 16.0. The highest BCUT2D eigenvalue weighted by atomic mass is 35.5. The predicted octanol–water partition coefficient (Wildman–Crippen LogP) is 5.21. The lowest BCUT2D eigenvalue weighted by atomic mass is 10.1. The molecule has 0 bridgehead atoms. The molecule has 0 fully saturated rings. The highest BCUT2D eigenvalue weighted by Gasteiger charge is 2.28. The summed E-state index contributed by atoms with van der Waals surface area (Å²) >= 11 is 7.83. The van der Waals surface area contributed by atoms with E-state index < -0.39 is 0 Å². The number of hydrogen-bond acceptors (Lipinski definition) is 1. The van der Waals surface area contributed by atoms with Crippen molar-refractivity contribution in [1.29, 1.82) is 0 Å². The van der Waals surface area contributed by atoms with Gasteiger partial charge in [-0.1, -0.05) is 53.3 Å². The van der Waals surface area contributed by atoms with Crippen molar-refractivity contribution in [3.63, 3.8) is 0 Å². The van der Waals surface area contributed by atoms with E-state index in [0.717, 1.165) is 10.7 Å². The number of imidazole rings is 1. The van der Waals surface area contributed by atoms with Crippen LogP contribution in [0.15, 0.2) is 60.0 Å². The predicted molar refractivity (Wildman–Crippen MR) is 96.7 cm³/mol. The SMILES string of the molecule is Cc1csc2n1c(C)c(-c1ccccc1)[n+]2-c1ccc(Cl)cc1. The highest BCUT2D eigenvalue weighted by molar-refractivity contribution is 7.14. The van der Waals surface area contributed by atoms with E-state index in [1.165, 1.54) is 27.6 Å². The molecule has 0 spiro atoms. The molecule has 114 valence electrons. The topological polar surface area (TPSA) is 8.29 Å². The van der Waals surface area contributed by atoms with E-state index in [-0.39, 0.29) is 0 Å². The lowest BCUT2D eigenvalue weighted by Crippen LogP contribution is -2.31. The minimum Gasteiger partial charge on any atom is -0.186 e. The van der Waals surface area contributed by atoms with Crippen LogP contribution in [0.5, 0.6) is 0 Å². The van der Waals surface area contributed by atoms with Gasteiger partial charge in [0.1, 0.15) is 11.4 Å². The van der Waals surface area contributed by atoms with Crippen LogP contribution in [0.1, 0.15) is 11.4 Å². The van der Waals surface area contributed by atoms with Crippen molar-refractivity contribution in [3.8, 4) is 16.9 Å². The molecule has 2 aromatic heterocycles. The molecule has 4 heteroatoms. The van der Waals surface area contributed by atoms with Crippen molar-refractivity contribution in [3.05, 3.63) is 76.4 Å². The molecule has 4 rings (SSSR count). The molecule has 0 saturated carbocycles. The standard InChI is InChI=1S/C19H16ClN2S/c1-13-12-23-19-21(13)14(2)18(15-6-4-3-5-7-15)22(19)17-10-8-16(20)9-11-17/h3-12H,1-2H3/q+1. The van der Waals surface area contributed by atoms with Gasteiger partial charge in [-0.3, -0.25) is 0 Å². The first kappa shape index (κ1) is 14.5. The second kappa shape index (κ2) is 5.52. The molecule has 0 unspecified atom stereocenters. The zero-order valence-electron chi connectivity index (χ0n) is 13.0. The van der Waals surface area contributed by atoms with Crippen molar-refractivity contribution >= 4 is 27.9 Å². The Morgan fingerprint density at radius 3 is 2.35 bits per heavy atom. The Bertz CT molecular complexity index is 982. The van der Waals surface area contributed by atoms with E-state index in [4.69, 9.17) is 11.6 Å². The lowest BCUT2D eigenvalue weighted by Gasteiger charge is -2.03. The Morgan fingerprint density at radius 1 is 0.957 bits per heavy atom. The second-order valence-corrected chi connectivity index (χ2v) is 6.88. The van der Waals surface area contributed by atoms with Crippen LogP contribution in [0.2, 0.25) is 5.02 Å². The van der Waals surface area contributed by atoms with Crippen LogP contribution in [0.3, 0.4) is 0 Å². The summed E-state index contributed by atoms with van der Waals surface area (Å²) in [5, 5.41) is 2.95. The number of aromatic nitrogens is 2. The van der Waals surface area contributed by atoms with Gasteiger partial charge in [-0.05, 0) is 31.2 Å². The van der Waals surface area contributed by atoms with Crippen LogP contribution < -0.4 is 4.57 Å². The Labute approximate surface area is 144 Å². The van der Waals surface area contributed by atoms with Gasteiger partial charge in [-0.15, -0.1) is 0 Å². The van der Waals surface area contributed by atoms with Gasteiger partial charge < -0.3 is 0 Å². The molecule has 0 radical (unpaired) electrons. The average molecular weight is 340 g/mol. The van der Waals surface area contributed by atoms with E-state index >= 15 is 0 Å². The molecule has 2 nitrogen and oxygen atoms in total. The minimum absolute atomic E-state index is 0.755. The third-order valence-corrected chi connectivity index (χ3v) is 5.39. The van der Waals surface area contributed by atoms with E-state index in [0.29, 0.717) is 0 Å². The molecule has 0 N–H and O–H groups in total. The van der Waals surface area contributed by atoms with Gasteiger partial charge in [-0.2, -0.15) is 8.97 Å². The van der Waals surface area contributed by atoms with Crippen molar-refractivity contribution in [2.24, 2.45) is 0 Å². The second-order valence-electron chi connectivity index (χ2n) is 5.61. The number of thiazole rings is 1. The highest BCUT2D eigenvalue weighted by Crippen LogP contribution is 2.28. The molecule has 4 aromatic rings. The molecule has 0 saturated heterocycles. The van der Waals surface area contributed by atoms with Crippen molar-refractivity contribution in [1.82, 2.24) is 4.40 Å². The van der Waals surface area contributed by atoms with Gasteiger partial charge in [0.25, 0.3) is 0 Å². The summed E-state index contributed by atoms with van der Waals surface area (Å²) in [5.74, 6) is 0. The minimum atomic E-state index is 0.755. The number of aryl methyl sites for hydroxylation is 2. The summed E-state index contributed by atoms with van der Waals surface area (Å²) < 4.78 is 4.64. The largest absolute Gasteiger partial charge is 0.351 e. The summed E-state index contributed by atoms with van der Waals surface area (Å²) in [6, 6.07) is 18.6. The first-order valence-corrected chi connectivity index (χ1v) is 8.75. The van der Waals surface area contributed by atoms with E-state index in [1.807, 2.05) is 12.1 Å². The quantitative estimate of drug-likeness (QED) is 0.443. The van der Waals surface area contributed by atoms with Crippen LogP contribution in [0.4, 0.5) is 0 Å². The summed E-state index contributed by atoms with van der Waals surface area (Å²) in [6.45, 7) is 4.33. The fourth-order valence-corrected chi connectivity index (χ4v) is 4.28. The molecule has 0 aliphatic heterocycles. The number of hydrogen-bond donors (Lipinski definition) is 0. The van der Waals surface area contributed by atoms with Crippen LogP contribution in [0, 0.1) is 13.8 Å². The van der Waals surface area contributed by atoms with Crippen molar-refractivity contribution in [2.45, 2.75) is 13.8 Å². The first-order valence-electron chi connectivity index (χ1n) is 7.49. The van der Waals surface area contributed by atoms with Crippen LogP contribution in [0.25, 0.3) is 21.9 Å². The monoisotopic (exact) mass is 339 g/mol. The fraction of sp³-hybridized carbons (Fsp3) is 0.105. The number of nitrogens with zero attached hydrogens (tertiary/aromatic N) is 2. The third-order valence-electron chi connectivity index (χ3n) is 4.10. The summed E-state index contributed by atoms with van der Waals surface area (Å²) in [5.41, 5.74) is 6.08. The number of benzene rings is 2. The molecule has 0 aliphatic rings. The van der Waals surface area contributed by atoms with Crippen LogP contribution in [-0.2, 0) is 0 Å². The number of fused-ring (bicyclic) bond motifs is 1. The summed E-state index contributed by atoms with van der Waals surface area (Å²) in [4.78, 5) is 1.21. The van der Waals surface area contributed by atoms with Crippen LogP contribution >= 0.6 is 22.9 Å². The van der Waals surface area contributed by atoms with Crippen molar-refractivity contribution < 1.29 is 4.57 Å². The third kappa shape index (κ3) is 2.28. The van der Waals surface area contributed by atoms with E-state index in [1.54, 1.807) is 11.3 Å². The van der Waals surface area contributed by atoms with E-state index in [2.05, 4.69) is 70.7 Å². The van der Waals surface area contributed by atoms with Gasteiger partial charge in [0, 0.05) is 22.9 Å². The molecule has 0 amide bonds.